The van der Waals surface area contributed by atoms with Gasteiger partial charge in [0.2, 0.25) is 0 Å². The van der Waals surface area contributed by atoms with E-state index in [0.29, 0.717) is 21.5 Å². The number of hydrogen-bond acceptors (Lipinski definition) is 3. The molecule has 0 aliphatic rings. The molecule has 0 saturated carbocycles. The van der Waals surface area contributed by atoms with Crippen molar-refractivity contribution in [3.8, 4) is 0 Å². The van der Waals surface area contributed by atoms with Gasteiger partial charge in [0.15, 0.2) is 0 Å². The van der Waals surface area contributed by atoms with E-state index in [4.69, 9.17) is 23.2 Å². The second kappa shape index (κ2) is 5.67. The molecular weight excluding hydrogens is 329 g/mol. The maximum Gasteiger partial charge on any atom is 0.265 e. The summed E-state index contributed by atoms with van der Waals surface area (Å²) in [5.74, 6) is 0.597. The molecule has 3 rings (SSSR count). The third kappa shape index (κ3) is 2.77. The molecule has 0 aliphatic heterocycles. The zero-order valence-electron chi connectivity index (χ0n) is 11.1. The lowest BCUT2D eigenvalue weighted by Gasteiger charge is -2.14. The van der Waals surface area contributed by atoms with Crippen molar-refractivity contribution in [1.82, 2.24) is 14.9 Å². The summed E-state index contributed by atoms with van der Waals surface area (Å²) in [6.07, 6.45) is 3.38. The predicted molar refractivity (Wildman–Crippen MR) is 86.2 cm³/mol. The highest BCUT2D eigenvalue weighted by Gasteiger charge is 2.21. The smallest absolute Gasteiger partial charge is 0.265 e. The number of halogens is 2. The molecule has 7 heteroatoms. The highest BCUT2D eigenvalue weighted by molar-refractivity contribution is 7.21. The normalized spacial score (nSPS) is 11.0. The molecule has 2 heterocycles. The van der Waals surface area contributed by atoms with Gasteiger partial charge in [0.05, 0.1) is 11.6 Å². The second-order valence-corrected chi connectivity index (χ2v) is 6.45. The number of carbonyl (C=O) groups is 1. The Morgan fingerprint density at radius 2 is 2.24 bits per heavy atom. The Kier molecular flexibility index (Phi) is 3.89. The Labute approximate surface area is 135 Å². The number of hydrogen-bond donors (Lipinski definition) is 1. The van der Waals surface area contributed by atoms with Crippen LogP contribution in [0.25, 0.3) is 10.1 Å². The zero-order chi connectivity index (χ0) is 15.0. The van der Waals surface area contributed by atoms with E-state index in [1.54, 1.807) is 30.4 Å². The molecule has 21 heavy (non-hydrogen) atoms. The second-order valence-electron chi connectivity index (χ2n) is 4.58. The number of aromatic amines is 1. The van der Waals surface area contributed by atoms with E-state index < -0.39 is 0 Å². The topological polar surface area (TPSA) is 49.0 Å². The summed E-state index contributed by atoms with van der Waals surface area (Å²) in [6.45, 7) is 0.400. The summed E-state index contributed by atoms with van der Waals surface area (Å²) in [4.78, 5) is 21.7. The van der Waals surface area contributed by atoms with Gasteiger partial charge < -0.3 is 9.88 Å². The minimum Gasteiger partial charge on any atom is -0.347 e. The molecule has 0 spiro atoms. The van der Waals surface area contributed by atoms with E-state index in [9.17, 15) is 4.79 Å². The first-order valence-electron chi connectivity index (χ1n) is 6.17. The van der Waals surface area contributed by atoms with Crippen molar-refractivity contribution in [3.63, 3.8) is 0 Å². The Morgan fingerprint density at radius 1 is 1.43 bits per heavy atom. The number of rotatable bonds is 3. The van der Waals surface area contributed by atoms with Gasteiger partial charge in [-0.25, -0.2) is 4.98 Å². The minimum absolute atomic E-state index is 0.131. The molecule has 1 amide bonds. The number of aromatic nitrogens is 2. The molecular formula is C14H11Cl2N3OS. The van der Waals surface area contributed by atoms with Crippen molar-refractivity contribution in [2.75, 3.05) is 7.05 Å². The maximum absolute atomic E-state index is 12.5. The molecule has 2 aromatic heterocycles. The van der Waals surface area contributed by atoms with Gasteiger partial charge in [-0.3, -0.25) is 4.79 Å². The third-order valence-electron chi connectivity index (χ3n) is 3.07. The van der Waals surface area contributed by atoms with Crippen LogP contribution in [0.4, 0.5) is 0 Å². The van der Waals surface area contributed by atoms with Crippen molar-refractivity contribution >= 4 is 50.5 Å². The van der Waals surface area contributed by atoms with Crippen molar-refractivity contribution in [1.29, 1.82) is 0 Å². The van der Waals surface area contributed by atoms with E-state index >= 15 is 0 Å². The van der Waals surface area contributed by atoms with Gasteiger partial charge in [-0.05, 0) is 12.1 Å². The Balaban J connectivity index is 1.92. The SMILES string of the molecule is CN(Cc1ncc[nH]1)C(=O)c1sc2cc(Cl)ccc2c1Cl. The number of fused-ring (bicyclic) bond motifs is 1. The first-order valence-corrected chi connectivity index (χ1v) is 7.75. The Hall–Kier alpha value is -1.56. The van der Waals surface area contributed by atoms with E-state index in [1.165, 1.54) is 11.3 Å². The highest BCUT2D eigenvalue weighted by atomic mass is 35.5. The van der Waals surface area contributed by atoms with Crippen molar-refractivity contribution in [2.24, 2.45) is 0 Å². The van der Waals surface area contributed by atoms with Gasteiger partial charge in [-0.15, -0.1) is 11.3 Å². The first kappa shape index (κ1) is 14.4. The number of carbonyl (C=O) groups excluding carboxylic acids is 1. The lowest BCUT2D eigenvalue weighted by atomic mass is 10.2. The maximum atomic E-state index is 12.5. The van der Waals surface area contributed by atoms with Crippen LogP contribution in [0, 0.1) is 0 Å². The number of imidazole rings is 1. The predicted octanol–water partition coefficient (Wildman–Crippen LogP) is 4.20. The lowest BCUT2D eigenvalue weighted by Crippen LogP contribution is -2.26. The standard InChI is InChI=1S/C14H11Cl2N3OS/c1-19(7-11-17-4-5-18-11)14(20)13-12(16)9-3-2-8(15)6-10(9)21-13/h2-6H,7H2,1H3,(H,17,18). The molecule has 3 aromatic rings. The average molecular weight is 340 g/mol. The number of nitrogens with zero attached hydrogens (tertiary/aromatic N) is 2. The summed E-state index contributed by atoms with van der Waals surface area (Å²) in [6, 6.07) is 5.42. The fourth-order valence-electron chi connectivity index (χ4n) is 2.03. The van der Waals surface area contributed by atoms with Crippen LogP contribution in [-0.2, 0) is 6.54 Å². The number of benzene rings is 1. The molecule has 0 bridgehead atoms. The van der Waals surface area contributed by atoms with Gasteiger partial charge in [-0.2, -0.15) is 0 Å². The largest absolute Gasteiger partial charge is 0.347 e. The number of H-pyrrole nitrogens is 1. The van der Waals surface area contributed by atoms with Crippen LogP contribution in [0.1, 0.15) is 15.5 Å². The van der Waals surface area contributed by atoms with Crippen molar-refractivity contribution in [2.45, 2.75) is 6.54 Å². The van der Waals surface area contributed by atoms with E-state index in [1.807, 2.05) is 12.1 Å². The zero-order valence-corrected chi connectivity index (χ0v) is 13.4. The fourth-order valence-corrected chi connectivity index (χ4v) is 3.81. The van der Waals surface area contributed by atoms with E-state index in [-0.39, 0.29) is 5.91 Å². The summed E-state index contributed by atoms with van der Waals surface area (Å²) in [5.41, 5.74) is 0. The number of nitrogens with one attached hydrogen (secondary N) is 1. The van der Waals surface area contributed by atoms with Crippen molar-refractivity contribution < 1.29 is 4.79 Å². The third-order valence-corrected chi connectivity index (χ3v) is 4.95. The Morgan fingerprint density at radius 3 is 2.95 bits per heavy atom. The monoisotopic (exact) mass is 339 g/mol. The van der Waals surface area contributed by atoms with Gasteiger partial charge >= 0.3 is 0 Å². The van der Waals surface area contributed by atoms with Crippen LogP contribution in [0.15, 0.2) is 30.6 Å². The van der Waals surface area contributed by atoms with Gasteiger partial charge in [0.25, 0.3) is 5.91 Å². The molecule has 0 atom stereocenters. The van der Waals surface area contributed by atoms with Crippen LogP contribution >= 0.6 is 34.5 Å². The van der Waals surface area contributed by atoms with E-state index in [2.05, 4.69) is 9.97 Å². The molecule has 1 N–H and O–H groups in total. The summed E-state index contributed by atoms with van der Waals surface area (Å²) < 4.78 is 0.905. The summed E-state index contributed by atoms with van der Waals surface area (Å²) >= 11 is 13.6. The van der Waals surface area contributed by atoms with E-state index in [0.717, 1.165) is 15.9 Å². The van der Waals surface area contributed by atoms with Gasteiger partial charge in [0.1, 0.15) is 10.7 Å². The summed E-state index contributed by atoms with van der Waals surface area (Å²) in [7, 11) is 1.72. The molecule has 0 unspecified atom stereocenters. The van der Waals surface area contributed by atoms with Crippen LogP contribution in [0.5, 0.6) is 0 Å². The van der Waals surface area contributed by atoms with Crippen LogP contribution in [0.3, 0.4) is 0 Å². The van der Waals surface area contributed by atoms with Gasteiger partial charge in [0, 0.05) is 34.6 Å². The average Bonchev–Trinajstić information content (AvgIpc) is 3.06. The number of thiophene rings is 1. The molecule has 0 aliphatic carbocycles. The highest BCUT2D eigenvalue weighted by Crippen LogP contribution is 2.37. The first-order chi connectivity index (χ1) is 10.1. The molecule has 0 radical (unpaired) electrons. The molecule has 1 aromatic carbocycles. The van der Waals surface area contributed by atoms with Crippen molar-refractivity contribution in [3.05, 3.63) is 51.3 Å². The minimum atomic E-state index is -0.131. The summed E-state index contributed by atoms with van der Waals surface area (Å²) in [5, 5.41) is 1.95. The molecule has 0 fully saturated rings. The molecule has 108 valence electrons. The van der Waals surface area contributed by atoms with Crippen LogP contribution in [0.2, 0.25) is 10.0 Å². The lowest BCUT2D eigenvalue weighted by molar-refractivity contribution is 0.0787. The van der Waals surface area contributed by atoms with Gasteiger partial charge in [-0.1, -0.05) is 29.3 Å². The molecule has 0 saturated heterocycles. The van der Waals surface area contributed by atoms with Crippen LogP contribution < -0.4 is 0 Å². The Bertz CT molecular complexity index is 798. The number of amides is 1. The quantitative estimate of drug-likeness (QED) is 0.777. The fraction of sp³-hybridized carbons (Fsp3) is 0.143. The molecule has 4 nitrogen and oxygen atoms in total. The van der Waals surface area contributed by atoms with Crippen LogP contribution in [-0.4, -0.2) is 27.8 Å².